The number of hydrogen-bond acceptors (Lipinski definition) is 8. The second-order valence-electron chi connectivity index (χ2n) is 22.0. The molecule has 368 valence electrons. The number of nitrogens with zero attached hydrogens (tertiary/aromatic N) is 1. The molecule has 11 nitrogen and oxygen atoms in total. The zero-order chi connectivity index (χ0) is 48.5. The van der Waals surface area contributed by atoms with E-state index in [2.05, 4.69) is 61.2 Å². The lowest BCUT2D eigenvalue weighted by Gasteiger charge is -2.52. The minimum Gasteiger partial charge on any atom is -0.508 e. The summed E-state index contributed by atoms with van der Waals surface area (Å²) in [6.45, 7) is 2.12. The monoisotopic (exact) mass is 965 g/mol. The fraction of sp³-hybridized carbons (Fsp3) is 0.500. The molecule has 14 atom stereocenters. The van der Waals surface area contributed by atoms with Crippen molar-refractivity contribution in [1.82, 2.24) is 0 Å². The van der Waals surface area contributed by atoms with Crippen LogP contribution in [0.3, 0.4) is 0 Å². The molecule has 0 spiro atoms. The molecular formula is C58H67N3O8S. The Morgan fingerprint density at radius 1 is 0.929 bits per heavy atom. The van der Waals surface area contributed by atoms with E-state index in [1.54, 1.807) is 12.1 Å². The van der Waals surface area contributed by atoms with Crippen molar-refractivity contribution in [1.29, 1.82) is 0 Å². The van der Waals surface area contributed by atoms with Gasteiger partial charge < -0.3 is 36.3 Å². The third-order valence-corrected chi connectivity index (χ3v) is 19.4. The molecule has 12 heteroatoms. The van der Waals surface area contributed by atoms with Crippen molar-refractivity contribution < 1.29 is 37.8 Å². The lowest BCUT2D eigenvalue weighted by molar-refractivity contribution is -0.148. The summed E-state index contributed by atoms with van der Waals surface area (Å²) in [5, 5.41) is 33.1. The molecule has 8 N–H and O–H groups in total. The van der Waals surface area contributed by atoms with Gasteiger partial charge in [-0.25, -0.2) is 4.99 Å². The van der Waals surface area contributed by atoms with Crippen molar-refractivity contribution in [2.45, 2.75) is 131 Å². The predicted octanol–water partition coefficient (Wildman–Crippen LogP) is 8.95. The van der Waals surface area contributed by atoms with Crippen molar-refractivity contribution in [3.8, 4) is 23.3 Å². The van der Waals surface area contributed by atoms with Crippen molar-refractivity contribution in [2.24, 2.45) is 57.9 Å². The Hall–Kier alpha value is -5.16. The standard InChI is InChI=1S/C58H67N3O8S/c1-34-12-13-39-29-45-20-22-47(39)49(34)32-53(70(65,66)67)50-31-41-27-40(30-46-25-36(33-62)9-5-10-38-28-44(63)19-21-48(38)55(41)68-46)54(50)37-14-16-43(17-15-37)58(69-45,61-56(59)60)51-23-18-42-11-6-24-57(42,64)52(51)26-35-7-3-2-4-8-35/h2-4,7-8,14-17,19-22,28-29,31,34,36,40,42,46,49-55,62-64H,6,9,11-13,18,23-27,30,32-33H2,1H3,(H4,59,60,61)(H,65,66,67). The highest BCUT2D eigenvalue weighted by Crippen LogP contribution is 2.59. The molecule has 70 heavy (non-hydrogen) atoms. The van der Waals surface area contributed by atoms with Crippen LogP contribution in [-0.4, -0.2) is 57.8 Å². The predicted molar refractivity (Wildman–Crippen MR) is 269 cm³/mol. The molecule has 5 aliphatic heterocycles. The van der Waals surface area contributed by atoms with E-state index in [1.807, 2.05) is 42.5 Å². The van der Waals surface area contributed by atoms with Gasteiger partial charge in [0.05, 0.1) is 17.0 Å². The molecule has 9 aliphatic rings. The molecule has 0 amide bonds. The maximum atomic E-state index is 14.3. The number of hydrogen-bond donors (Lipinski definition) is 6. The molecule has 5 heterocycles. The summed E-state index contributed by atoms with van der Waals surface area (Å²) in [4.78, 5) is 5.21. The average molecular weight is 966 g/mol. The van der Waals surface area contributed by atoms with Gasteiger partial charge in [0.2, 0.25) is 5.72 Å². The van der Waals surface area contributed by atoms with E-state index in [0.717, 1.165) is 77.5 Å². The highest BCUT2D eigenvalue weighted by Gasteiger charge is 2.60. The summed E-state index contributed by atoms with van der Waals surface area (Å²) in [6, 6.07) is 29.9. The number of ether oxygens (including phenoxy) is 2. The van der Waals surface area contributed by atoms with Gasteiger partial charge in [0.15, 0.2) is 5.96 Å². The maximum Gasteiger partial charge on any atom is 0.268 e. The molecule has 3 fully saturated rings. The third-order valence-electron chi connectivity index (χ3n) is 18.1. The smallest absolute Gasteiger partial charge is 0.268 e. The van der Waals surface area contributed by atoms with Crippen molar-refractivity contribution >= 4 is 16.1 Å². The van der Waals surface area contributed by atoms with Crippen molar-refractivity contribution in [3.63, 3.8) is 0 Å². The summed E-state index contributed by atoms with van der Waals surface area (Å²) in [5.74, 6) is 5.24. The van der Waals surface area contributed by atoms with Crippen molar-refractivity contribution in [3.05, 3.63) is 142 Å². The lowest BCUT2D eigenvalue weighted by Crippen LogP contribution is -2.57. The van der Waals surface area contributed by atoms with Gasteiger partial charge in [0, 0.05) is 47.5 Å². The fourth-order valence-electron chi connectivity index (χ4n) is 14.9. The largest absolute Gasteiger partial charge is 0.508 e. The van der Waals surface area contributed by atoms with Gasteiger partial charge >= 0.3 is 0 Å². The van der Waals surface area contributed by atoms with E-state index < -0.39 is 38.7 Å². The minimum absolute atomic E-state index is 0.0644. The number of phenols is 1. The Bertz CT molecular complexity index is 2860. The second-order valence-corrected chi connectivity index (χ2v) is 23.7. The summed E-state index contributed by atoms with van der Waals surface area (Å²) in [6.07, 6.45) is 9.92. The first kappa shape index (κ1) is 47.2. The normalized spacial score (nSPS) is 35.4. The van der Waals surface area contributed by atoms with Gasteiger partial charge in [-0.15, -0.1) is 0 Å². The van der Waals surface area contributed by atoms with E-state index >= 15 is 0 Å². The number of aliphatic hydroxyl groups is 2. The quantitative estimate of drug-likeness (QED) is 0.0357. The minimum atomic E-state index is -4.66. The Kier molecular flexibility index (Phi) is 12.4. The summed E-state index contributed by atoms with van der Waals surface area (Å²) < 4.78 is 55.0. The number of nitrogens with two attached hydrogens (primary N) is 2. The molecule has 13 rings (SSSR count). The molecule has 1 saturated heterocycles. The van der Waals surface area contributed by atoms with Crippen LogP contribution in [0.4, 0.5) is 0 Å². The van der Waals surface area contributed by atoms with Crippen LogP contribution in [0.25, 0.3) is 0 Å². The molecular weight excluding hydrogens is 899 g/mol. The molecule has 0 radical (unpaired) electrons. The van der Waals surface area contributed by atoms with Gasteiger partial charge in [0.25, 0.3) is 10.1 Å². The molecule has 4 aromatic rings. The van der Waals surface area contributed by atoms with Crippen LogP contribution in [-0.2, 0) is 33.4 Å². The number of aliphatic imine (C=N–C) groups is 1. The Balaban J connectivity index is 1.13. The summed E-state index contributed by atoms with van der Waals surface area (Å²) in [5.41, 5.74) is 17.9. The molecule has 10 bridgehead atoms. The van der Waals surface area contributed by atoms with E-state index in [0.29, 0.717) is 49.8 Å². The number of fused-ring (bicyclic) bond motifs is 10. The Morgan fingerprint density at radius 3 is 2.50 bits per heavy atom. The number of aliphatic hydroxyl groups excluding tert-OH is 1. The fourth-order valence-corrected chi connectivity index (χ4v) is 16.0. The number of aromatic hydroxyl groups is 1. The number of allylic oxidation sites excluding steroid dienone is 1. The molecule has 4 aliphatic carbocycles. The molecule has 0 aromatic heterocycles. The van der Waals surface area contributed by atoms with E-state index in [1.165, 1.54) is 0 Å². The van der Waals surface area contributed by atoms with Crippen LogP contribution < -0.4 is 16.2 Å². The number of aryl methyl sites for hydroxylation is 1. The first-order valence-electron chi connectivity index (χ1n) is 25.7. The number of rotatable bonds is 6. The highest BCUT2D eigenvalue weighted by molar-refractivity contribution is 7.86. The van der Waals surface area contributed by atoms with Gasteiger partial charge in [-0.1, -0.05) is 98.0 Å². The van der Waals surface area contributed by atoms with Crippen LogP contribution >= 0.6 is 0 Å². The zero-order valence-corrected chi connectivity index (χ0v) is 40.8. The van der Waals surface area contributed by atoms with Gasteiger partial charge in [-0.2, -0.15) is 8.42 Å². The van der Waals surface area contributed by atoms with Crippen LogP contribution in [0, 0.1) is 53.3 Å². The number of phenolic OH excluding ortho intramolecular Hbond substituents is 1. The number of guanidine groups is 1. The topological polar surface area (TPSA) is 198 Å². The van der Waals surface area contributed by atoms with Crippen LogP contribution in [0.5, 0.6) is 11.5 Å². The summed E-state index contributed by atoms with van der Waals surface area (Å²) >= 11 is 0. The maximum absolute atomic E-state index is 14.3. The van der Waals surface area contributed by atoms with E-state index in [4.69, 9.17) is 25.9 Å². The molecule has 4 aromatic carbocycles. The zero-order valence-electron chi connectivity index (χ0n) is 40.0. The van der Waals surface area contributed by atoms with Crippen LogP contribution in [0.15, 0.2) is 108 Å². The van der Waals surface area contributed by atoms with Crippen LogP contribution in [0.2, 0.25) is 0 Å². The third kappa shape index (κ3) is 8.53. The first-order chi connectivity index (χ1) is 33.7. The molecule has 14 unspecified atom stereocenters. The Morgan fingerprint density at radius 2 is 1.73 bits per heavy atom. The average Bonchev–Trinajstić information content (AvgIpc) is 3.67. The van der Waals surface area contributed by atoms with E-state index in [-0.39, 0.29) is 78.2 Å². The van der Waals surface area contributed by atoms with Gasteiger partial charge in [-0.3, -0.25) is 4.55 Å². The van der Waals surface area contributed by atoms with Crippen molar-refractivity contribution in [2.75, 3.05) is 6.61 Å². The second kappa shape index (κ2) is 18.5. The first-order valence-corrected chi connectivity index (χ1v) is 27.3. The lowest BCUT2D eigenvalue weighted by atomic mass is 9.59. The van der Waals surface area contributed by atoms with Gasteiger partial charge in [-0.05, 0) is 158 Å². The summed E-state index contributed by atoms with van der Waals surface area (Å²) in [7, 11) is -4.66. The van der Waals surface area contributed by atoms with Gasteiger partial charge in [0.1, 0.15) is 17.6 Å². The highest BCUT2D eigenvalue weighted by atomic mass is 32.2. The number of benzene rings is 4. The van der Waals surface area contributed by atoms with Crippen LogP contribution in [0.1, 0.15) is 134 Å². The molecule has 2 saturated carbocycles. The van der Waals surface area contributed by atoms with E-state index in [9.17, 15) is 28.3 Å². The Labute approximate surface area is 412 Å². The SMILES string of the molecule is CC1CCc2cc3ccc2C1CC(S(=O)(=O)O)C1C=C2CC(CC4CC(CO)CC#Cc5cc(O)ccc5C2O4)C1c1ccc(cc1)C(N=C(N)N)(C1CCC2CCCC2(O)C1Cc1ccccc1)O3.